The molecule has 1 fully saturated rings. The van der Waals surface area contributed by atoms with Gasteiger partial charge in [0.05, 0.1) is 0 Å². The molecule has 6 nitrogen and oxygen atoms in total. The average Bonchev–Trinajstić information content (AvgIpc) is 2.68. The van der Waals surface area contributed by atoms with Crippen LogP contribution in [0, 0.1) is 13.8 Å². The van der Waals surface area contributed by atoms with Crippen LogP contribution in [0.3, 0.4) is 0 Å². The summed E-state index contributed by atoms with van der Waals surface area (Å²) >= 11 is 0. The first-order chi connectivity index (χ1) is 13.0. The molecule has 2 aromatic carbocycles. The molecule has 0 saturated carbocycles. The molecule has 1 aliphatic heterocycles. The molecule has 0 unspecified atom stereocenters. The zero-order chi connectivity index (χ0) is 19.4. The second kappa shape index (κ2) is 8.12. The van der Waals surface area contributed by atoms with Gasteiger partial charge >= 0.3 is 0 Å². The number of nitrogens with two attached hydrogens (primary N) is 1. The summed E-state index contributed by atoms with van der Waals surface area (Å²) in [7, 11) is 0. The van der Waals surface area contributed by atoms with Gasteiger partial charge in [0.1, 0.15) is 5.75 Å². The first-order valence-electron chi connectivity index (χ1n) is 9.07. The van der Waals surface area contributed by atoms with E-state index in [1.165, 1.54) is 16.8 Å². The fourth-order valence-corrected chi connectivity index (χ4v) is 3.23. The third kappa shape index (κ3) is 4.39. The number of amides is 2. The molecule has 1 heterocycles. The number of hydrogen-bond acceptors (Lipinski definition) is 4. The van der Waals surface area contributed by atoms with Crippen LogP contribution in [-0.4, -0.2) is 49.5 Å². The lowest BCUT2D eigenvalue weighted by Crippen LogP contribution is -2.50. The number of carbonyl (C=O) groups is 2. The second-order valence-electron chi connectivity index (χ2n) is 6.76. The highest BCUT2D eigenvalue weighted by Gasteiger charge is 2.22. The molecule has 2 aromatic rings. The lowest BCUT2D eigenvalue weighted by atomic mass is 10.1. The molecule has 142 valence electrons. The quantitative estimate of drug-likeness (QED) is 0.878. The van der Waals surface area contributed by atoms with Gasteiger partial charge in [-0.3, -0.25) is 9.59 Å². The SMILES string of the molecule is Cc1cccc(N2CCN(C(=O)COc3ccc(C(N)=O)cc3)CC2)c1C. The minimum Gasteiger partial charge on any atom is -0.484 e. The van der Waals surface area contributed by atoms with Crippen molar-refractivity contribution in [1.29, 1.82) is 0 Å². The van der Waals surface area contributed by atoms with Gasteiger partial charge in [0.15, 0.2) is 6.61 Å². The van der Waals surface area contributed by atoms with Crippen LogP contribution in [0.25, 0.3) is 0 Å². The van der Waals surface area contributed by atoms with Crippen LogP contribution in [0.4, 0.5) is 5.69 Å². The molecule has 0 atom stereocenters. The highest BCUT2D eigenvalue weighted by atomic mass is 16.5. The lowest BCUT2D eigenvalue weighted by Gasteiger charge is -2.37. The summed E-state index contributed by atoms with van der Waals surface area (Å²) in [4.78, 5) is 27.7. The van der Waals surface area contributed by atoms with Crippen LogP contribution < -0.4 is 15.4 Å². The normalized spacial score (nSPS) is 14.1. The van der Waals surface area contributed by atoms with Crippen LogP contribution in [0.5, 0.6) is 5.75 Å². The zero-order valence-corrected chi connectivity index (χ0v) is 15.8. The molecular weight excluding hydrogens is 342 g/mol. The van der Waals surface area contributed by atoms with Crippen molar-refractivity contribution in [2.45, 2.75) is 13.8 Å². The third-order valence-corrected chi connectivity index (χ3v) is 5.05. The average molecular weight is 367 g/mol. The Kier molecular flexibility index (Phi) is 5.64. The van der Waals surface area contributed by atoms with E-state index in [1.807, 2.05) is 4.90 Å². The maximum Gasteiger partial charge on any atom is 0.260 e. The Morgan fingerprint density at radius 2 is 1.67 bits per heavy atom. The van der Waals surface area contributed by atoms with Crippen LogP contribution in [0.15, 0.2) is 42.5 Å². The smallest absolute Gasteiger partial charge is 0.260 e. The monoisotopic (exact) mass is 367 g/mol. The Morgan fingerprint density at radius 1 is 1.00 bits per heavy atom. The number of hydrogen-bond donors (Lipinski definition) is 1. The Labute approximate surface area is 159 Å². The number of benzene rings is 2. The summed E-state index contributed by atoms with van der Waals surface area (Å²) in [5, 5.41) is 0. The predicted octanol–water partition coefficient (Wildman–Crippen LogP) is 2.13. The Morgan fingerprint density at radius 3 is 2.30 bits per heavy atom. The van der Waals surface area contributed by atoms with Crippen molar-refractivity contribution >= 4 is 17.5 Å². The standard InChI is InChI=1S/C21H25N3O3/c1-15-4-3-5-19(16(15)2)23-10-12-24(13-11-23)20(25)14-27-18-8-6-17(7-9-18)21(22)26/h3-9H,10-14H2,1-2H3,(H2,22,26). The fourth-order valence-electron chi connectivity index (χ4n) is 3.23. The van der Waals surface area contributed by atoms with Gasteiger partial charge < -0.3 is 20.3 Å². The molecule has 0 aliphatic carbocycles. The van der Waals surface area contributed by atoms with Crippen LogP contribution in [0.2, 0.25) is 0 Å². The molecule has 0 bridgehead atoms. The van der Waals surface area contributed by atoms with E-state index in [4.69, 9.17) is 10.5 Å². The van der Waals surface area contributed by atoms with Crippen LogP contribution in [-0.2, 0) is 4.79 Å². The van der Waals surface area contributed by atoms with E-state index < -0.39 is 5.91 Å². The van der Waals surface area contributed by atoms with Crippen molar-refractivity contribution in [1.82, 2.24) is 4.90 Å². The van der Waals surface area contributed by atoms with Crippen molar-refractivity contribution in [3.8, 4) is 5.75 Å². The van der Waals surface area contributed by atoms with Gasteiger partial charge in [0.2, 0.25) is 5.91 Å². The summed E-state index contributed by atoms with van der Waals surface area (Å²) in [5.74, 6) is 0.0244. The summed E-state index contributed by atoms with van der Waals surface area (Å²) in [6, 6.07) is 12.8. The summed E-state index contributed by atoms with van der Waals surface area (Å²) in [6.07, 6.45) is 0. The van der Waals surface area contributed by atoms with Gasteiger partial charge in [-0.25, -0.2) is 0 Å². The fraction of sp³-hybridized carbons (Fsp3) is 0.333. The summed E-state index contributed by atoms with van der Waals surface area (Å²) < 4.78 is 5.55. The minimum atomic E-state index is -0.487. The summed E-state index contributed by atoms with van der Waals surface area (Å²) in [6.45, 7) is 7.21. The number of piperazine rings is 1. The van der Waals surface area contributed by atoms with E-state index in [0.29, 0.717) is 24.4 Å². The van der Waals surface area contributed by atoms with Gasteiger partial charge in [-0.05, 0) is 55.3 Å². The number of rotatable bonds is 5. The predicted molar refractivity (Wildman–Crippen MR) is 105 cm³/mol. The molecule has 1 saturated heterocycles. The molecule has 27 heavy (non-hydrogen) atoms. The lowest BCUT2D eigenvalue weighted by molar-refractivity contribution is -0.133. The molecule has 2 amide bonds. The van der Waals surface area contributed by atoms with E-state index in [1.54, 1.807) is 24.3 Å². The maximum atomic E-state index is 12.4. The van der Waals surface area contributed by atoms with Crippen molar-refractivity contribution < 1.29 is 14.3 Å². The molecule has 0 radical (unpaired) electrons. The maximum absolute atomic E-state index is 12.4. The molecule has 3 rings (SSSR count). The Hall–Kier alpha value is -3.02. The minimum absolute atomic E-state index is 0.0145. The Balaban J connectivity index is 1.51. The Bertz CT molecular complexity index is 825. The number of ether oxygens (including phenoxy) is 1. The van der Waals surface area contributed by atoms with Gasteiger partial charge in [-0.2, -0.15) is 0 Å². The molecule has 0 aromatic heterocycles. The van der Waals surface area contributed by atoms with E-state index >= 15 is 0 Å². The van der Waals surface area contributed by atoms with E-state index in [9.17, 15) is 9.59 Å². The number of primary amides is 1. The molecule has 6 heteroatoms. The van der Waals surface area contributed by atoms with Crippen LogP contribution >= 0.6 is 0 Å². The molecule has 1 aliphatic rings. The number of nitrogens with zero attached hydrogens (tertiary/aromatic N) is 2. The highest BCUT2D eigenvalue weighted by molar-refractivity contribution is 5.92. The summed E-state index contributed by atoms with van der Waals surface area (Å²) in [5.41, 5.74) is 9.44. The van der Waals surface area contributed by atoms with Crippen molar-refractivity contribution in [3.05, 3.63) is 59.2 Å². The van der Waals surface area contributed by atoms with Gasteiger partial charge in [-0.15, -0.1) is 0 Å². The number of aryl methyl sites for hydroxylation is 1. The number of carbonyl (C=O) groups excluding carboxylic acids is 2. The third-order valence-electron chi connectivity index (χ3n) is 5.05. The van der Waals surface area contributed by atoms with Crippen molar-refractivity contribution in [3.63, 3.8) is 0 Å². The zero-order valence-electron chi connectivity index (χ0n) is 15.8. The first-order valence-corrected chi connectivity index (χ1v) is 9.07. The topological polar surface area (TPSA) is 75.9 Å². The van der Waals surface area contributed by atoms with Gasteiger partial charge in [0.25, 0.3) is 5.91 Å². The largest absolute Gasteiger partial charge is 0.484 e. The van der Waals surface area contributed by atoms with Gasteiger partial charge in [0, 0.05) is 37.4 Å². The van der Waals surface area contributed by atoms with E-state index in [0.717, 1.165) is 13.1 Å². The van der Waals surface area contributed by atoms with Gasteiger partial charge in [-0.1, -0.05) is 12.1 Å². The van der Waals surface area contributed by atoms with E-state index in [-0.39, 0.29) is 12.5 Å². The van der Waals surface area contributed by atoms with Crippen LogP contribution in [0.1, 0.15) is 21.5 Å². The van der Waals surface area contributed by atoms with Crippen molar-refractivity contribution in [2.75, 3.05) is 37.7 Å². The first kappa shape index (κ1) is 18.8. The molecule has 0 spiro atoms. The van der Waals surface area contributed by atoms with E-state index in [2.05, 4.69) is 36.9 Å². The second-order valence-corrected chi connectivity index (χ2v) is 6.76. The molecule has 2 N–H and O–H groups in total. The molecular formula is C21H25N3O3. The van der Waals surface area contributed by atoms with Crippen molar-refractivity contribution in [2.24, 2.45) is 5.73 Å². The number of anilines is 1. The highest BCUT2D eigenvalue weighted by Crippen LogP contribution is 2.24.